The van der Waals surface area contributed by atoms with Gasteiger partial charge in [-0.2, -0.15) is 5.10 Å². The van der Waals surface area contributed by atoms with Crippen LogP contribution in [0.15, 0.2) is 0 Å². The minimum atomic E-state index is 0.00195. The first-order valence-electron chi connectivity index (χ1n) is 8.16. The normalized spacial score (nSPS) is 18.9. The molecule has 1 aliphatic heterocycles. The maximum atomic E-state index is 12.6. The maximum Gasteiger partial charge on any atom is 0.282 e. The number of rotatable bonds is 3. The van der Waals surface area contributed by atoms with Gasteiger partial charge in [0.05, 0.1) is 30.2 Å². The topological polar surface area (TPSA) is 51.4 Å². The summed E-state index contributed by atoms with van der Waals surface area (Å²) in [4.78, 5) is 14.0. The van der Waals surface area contributed by atoms with Crippen LogP contribution in [0.5, 0.6) is 0 Å². The average molecular weight is 293 g/mol. The first-order valence-corrected chi connectivity index (χ1v) is 8.16. The second kappa shape index (κ2) is 7.07. The standard InChI is InChI=1S/C16H28N4O/c1-12-15(13(2)19(4)18-12)17-16(21)14(3)20-10-8-6-5-7-9-11-20/h14H,5-11H2,1-4H3,(H,17,21)/p+1/t14-/m1/s1. The van der Waals surface area contributed by atoms with Crippen LogP contribution in [0, 0.1) is 13.8 Å². The molecular weight excluding hydrogens is 264 g/mol. The van der Waals surface area contributed by atoms with Crippen molar-refractivity contribution in [3.63, 3.8) is 0 Å². The first-order chi connectivity index (χ1) is 10.0. The number of carbonyl (C=O) groups is 1. The third-order valence-corrected chi connectivity index (χ3v) is 4.76. The van der Waals surface area contributed by atoms with Crippen LogP contribution in [-0.2, 0) is 11.8 Å². The molecule has 2 N–H and O–H groups in total. The third kappa shape index (κ3) is 3.84. The maximum absolute atomic E-state index is 12.6. The van der Waals surface area contributed by atoms with Gasteiger partial charge in [0.1, 0.15) is 0 Å². The molecule has 0 spiro atoms. The van der Waals surface area contributed by atoms with Crippen molar-refractivity contribution in [3.05, 3.63) is 11.4 Å². The molecule has 5 nitrogen and oxygen atoms in total. The van der Waals surface area contributed by atoms with Crippen molar-refractivity contribution in [2.45, 2.75) is 58.9 Å². The molecule has 2 rings (SSSR count). The van der Waals surface area contributed by atoms with Gasteiger partial charge in [0.15, 0.2) is 6.04 Å². The van der Waals surface area contributed by atoms with Crippen LogP contribution in [0.4, 0.5) is 5.69 Å². The van der Waals surface area contributed by atoms with Gasteiger partial charge in [0.25, 0.3) is 5.91 Å². The van der Waals surface area contributed by atoms with Gasteiger partial charge >= 0.3 is 0 Å². The van der Waals surface area contributed by atoms with Crippen molar-refractivity contribution in [1.82, 2.24) is 9.78 Å². The molecule has 1 atom stereocenters. The Balaban J connectivity index is 2.01. The molecule has 0 unspecified atom stereocenters. The second-order valence-corrected chi connectivity index (χ2v) is 6.31. The molecular formula is C16H29N4O+. The lowest BCUT2D eigenvalue weighted by Crippen LogP contribution is -3.16. The van der Waals surface area contributed by atoms with Gasteiger partial charge in [-0.1, -0.05) is 6.42 Å². The summed E-state index contributed by atoms with van der Waals surface area (Å²) in [5, 5.41) is 7.45. The van der Waals surface area contributed by atoms with E-state index in [9.17, 15) is 4.79 Å². The van der Waals surface area contributed by atoms with Crippen LogP contribution in [0.2, 0.25) is 0 Å². The van der Waals surface area contributed by atoms with Crippen LogP contribution in [0.25, 0.3) is 0 Å². The molecule has 0 aliphatic carbocycles. The van der Waals surface area contributed by atoms with Crippen LogP contribution in [0.3, 0.4) is 0 Å². The van der Waals surface area contributed by atoms with E-state index < -0.39 is 0 Å². The number of likely N-dealkylation sites (tertiary alicyclic amines) is 1. The average Bonchev–Trinajstić information content (AvgIpc) is 2.64. The van der Waals surface area contributed by atoms with E-state index in [2.05, 4.69) is 10.4 Å². The molecule has 2 heterocycles. The van der Waals surface area contributed by atoms with E-state index >= 15 is 0 Å². The SMILES string of the molecule is Cc1nn(C)c(C)c1NC(=O)[C@@H](C)[NH+]1CCCCCCC1. The summed E-state index contributed by atoms with van der Waals surface area (Å²) in [6, 6.07) is 0.00195. The minimum Gasteiger partial charge on any atom is -0.325 e. The lowest BCUT2D eigenvalue weighted by Gasteiger charge is -2.27. The van der Waals surface area contributed by atoms with Gasteiger partial charge < -0.3 is 10.2 Å². The van der Waals surface area contributed by atoms with Crippen molar-refractivity contribution < 1.29 is 9.69 Å². The molecule has 1 aromatic heterocycles. The van der Waals surface area contributed by atoms with Gasteiger partial charge in [0.2, 0.25) is 0 Å². The largest absolute Gasteiger partial charge is 0.325 e. The number of aromatic nitrogens is 2. The summed E-state index contributed by atoms with van der Waals surface area (Å²) in [6.07, 6.45) is 6.43. The van der Waals surface area contributed by atoms with Crippen LogP contribution in [-0.4, -0.2) is 34.8 Å². The van der Waals surface area contributed by atoms with Gasteiger partial charge in [-0.3, -0.25) is 9.48 Å². The fourth-order valence-corrected chi connectivity index (χ4v) is 3.16. The molecule has 1 aliphatic rings. The van der Waals surface area contributed by atoms with Gasteiger partial charge in [-0.05, 0) is 46.5 Å². The monoisotopic (exact) mass is 293 g/mol. The van der Waals surface area contributed by atoms with Crippen molar-refractivity contribution in [1.29, 1.82) is 0 Å². The quantitative estimate of drug-likeness (QED) is 0.880. The van der Waals surface area contributed by atoms with E-state index in [0.29, 0.717) is 0 Å². The molecule has 5 heteroatoms. The van der Waals surface area contributed by atoms with E-state index in [1.165, 1.54) is 37.0 Å². The summed E-state index contributed by atoms with van der Waals surface area (Å²) < 4.78 is 1.82. The Morgan fingerprint density at radius 1 is 1.19 bits per heavy atom. The van der Waals surface area contributed by atoms with E-state index in [0.717, 1.165) is 30.2 Å². The van der Waals surface area contributed by atoms with E-state index in [1.807, 2.05) is 32.5 Å². The van der Waals surface area contributed by atoms with Gasteiger partial charge in [0, 0.05) is 7.05 Å². The number of amides is 1. The molecule has 1 saturated heterocycles. The number of nitrogens with zero attached hydrogens (tertiary/aromatic N) is 2. The highest BCUT2D eigenvalue weighted by Crippen LogP contribution is 2.18. The molecule has 118 valence electrons. The van der Waals surface area contributed by atoms with Crippen LogP contribution >= 0.6 is 0 Å². The zero-order valence-corrected chi connectivity index (χ0v) is 13.8. The Labute approximate surface area is 127 Å². The van der Waals surface area contributed by atoms with Crippen LogP contribution in [0.1, 0.15) is 50.4 Å². The smallest absolute Gasteiger partial charge is 0.282 e. The molecule has 0 bridgehead atoms. The molecule has 21 heavy (non-hydrogen) atoms. The highest BCUT2D eigenvalue weighted by molar-refractivity contribution is 5.94. The zero-order chi connectivity index (χ0) is 15.4. The number of hydrogen-bond donors (Lipinski definition) is 2. The lowest BCUT2D eigenvalue weighted by atomic mass is 10.1. The Kier molecular flexibility index (Phi) is 5.39. The van der Waals surface area contributed by atoms with Crippen LogP contribution < -0.4 is 10.2 Å². The first kappa shape index (κ1) is 16.0. The molecule has 0 saturated carbocycles. The minimum absolute atomic E-state index is 0.00195. The summed E-state index contributed by atoms with van der Waals surface area (Å²) in [5.41, 5.74) is 2.77. The number of carbonyl (C=O) groups excluding carboxylic acids is 1. The highest BCUT2D eigenvalue weighted by Gasteiger charge is 2.26. The lowest BCUT2D eigenvalue weighted by molar-refractivity contribution is -0.914. The van der Waals surface area contributed by atoms with Crippen molar-refractivity contribution in [2.75, 3.05) is 18.4 Å². The molecule has 1 amide bonds. The predicted molar refractivity (Wildman–Crippen MR) is 84.6 cm³/mol. The fraction of sp³-hybridized carbons (Fsp3) is 0.750. The number of anilines is 1. The highest BCUT2D eigenvalue weighted by atomic mass is 16.2. The van der Waals surface area contributed by atoms with Gasteiger partial charge in [-0.25, -0.2) is 0 Å². The predicted octanol–water partition coefficient (Wildman–Crippen LogP) is 1.21. The Hall–Kier alpha value is -1.36. The van der Waals surface area contributed by atoms with Crippen molar-refractivity contribution >= 4 is 11.6 Å². The van der Waals surface area contributed by atoms with Crippen molar-refractivity contribution in [2.24, 2.45) is 7.05 Å². The zero-order valence-electron chi connectivity index (χ0n) is 13.8. The Morgan fingerprint density at radius 3 is 2.29 bits per heavy atom. The summed E-state index contributed by atoms with van der Waals surface area (Å²) in [5.74, 6) is 0.116. The summed E-state index contributed by atoms with van der Waals surface area (Å²) >= 11 is 0. The third-order valence-electron chi connectivity index (χ3n) is 4.76. The second-order valence-electron chi connectivity index (χ2n) is 6.31. The van der Waals surface area contributed by atoms with Gasteiger partial charge in [-0.15, -0.1) is 0 Å². The fourth-order valence-electron chi connectivity index (χ4n) is 3.16. The van der Waals surface area contributed by atoms with E-state index in [-0.39, 0.29) is 11.9 Å². The number of hydrogen-bond acceptors (Lipinski definition) is 2. The summed E-state index contributed by atoms with van der Waals surface area (Å²) in [7, 11) is 1.91. The number of quaternary nitrogens is 1. The molecule has 1 fully saturated rings. The van der Waals surface area contributed by atoms with E-state index in [4.69, 9.17) is 0 Å². The molecule has 0 radical (unpaired) electrons. The number of nitrogens with one attached hydrogen (secondary N) is 2. The van der Waals surface area contributed by atoms with Crippen molar-refractivity contribution in [3.8, 4) is 0 Å². The Bertz CT molecular complexity index is 487. The molecule has 1 aromatic rings. The number of aryl methyl sites for hydroxylation is 2. The van der Waals surface area contributed by atoms with E-state index in [1.54, 1.807) is 0 Å². The molecule has 0 aromatic carbocycles. The summed E-state index contributed by atoms with van der Waals surface area (Å²) in [6.45, 7) is 8.20. The Morgan fingerprint density at radius 2 is 1.76 bits per heavy atom.